The molecule has 1 spiro atoms. The minimum atomic E-state index is 0.281. The molecule has 0 aromatic heterocycles. The number of fused-ring (bicyclic) bond motifs is 2. The van der Waals surface area contributed by atoms with Crippen molar-refractivity contribution in [1.29, 1.82) is 0 Å². The minimum Gasteiger partial charge on any atom is -0.372 e. The van der Waals surface area contributed by atoms with E-state index in [-0.39, 0.29) is 5.41 Å². The number of piperidine rings is 1. The Morgan fingerprint density at radius 1 is 0.828 bits per heavy atom. The monoisotopic (exact) mass is 395 g/mol. The highest BCUT2D eigenvalue weighted by molar-refractivity contribution is 5.39. The van der Waals surface area contributed by atoms with Crippen LogP contribution in [0.1, 0.15) is 101 Å². The van der Waals surface area contributed by atoms with Crippen LogP contribution in [0.2, 0.25) is 0 Å². The van der Waals surface area contributed by atoms with Crippen LogP contribution in [0.15, 0.2) is 24.3 Å². The van der Waals surface area contributed by atoms with Crippen LogP contribution < -0.4 is 0 Å². The number of benzene rings is 1. The standard InChI is InChI=1S/C27H41NO/c1-2-4-10-22(11-5-3-1)20-28-18-16-27(17-19-28)21-29-26(23-12-6-7-13-23)24-14-8-9-15-25(24)27/h8-9,14-15,22-23,26H,1-7,10-13,16-21H2. The van der Waals surface area contributed by atoms with Gasteiger partial charge in [0.25, 0.3) is 0 Å². The minimum absolute atomic E-state index is 0.281. The van der Waals surface area contributed by atoms with E-state index < -0.39 is 0 Å². The lowest BCUT2D eigenvalue weighted by molar-refractivity contribution is -0.0498. The van der Waals surface area contributed by atoms with Gasteiger partial charge >= 0.3 is 0 Å². The lowest BCUT2D eigenvalue weighted by atomic mass is 9.68. The van der Waals surface area contributed by atoms with E-state index in [1.54, 1.807) is 11.1 Å². The van der Waals surface area contributed by atoms with E-state index in [1.165, 1.54) is 103 Å². The van der Waals surface area contributed by atoms with E-state index in [0.29, 0.717) is 6.10 Å². The van der Waals surface area contributed by atoms with Crippen LogP contribution in [-0.4, -0.2) is 31.1 Å². The number of ether oxygens (including phenoxy) is 1. The molecule has 1 aromatic carbocycles. The highest BCUT2D eigenvalue weighted by atomic mass is 16.5. The second-order valence-electron chi connectivity index (χ2n) is 10.7. The summed E-state index contributed by atoms with van der Waals surface area (Å²) in [6, 6.07) is 9.36. The zero-order chi connectivity index (χ0) is 19.5. The Hall–Kier alpha value is -0.860. The third-order valence-corrected chi connectivity index (χ3v) is 8.76. The third kappa shape index (κ3) is 4.30. The molecule has 2 heterocycles. The first-order valence-corrected chi connectivity index (χ1v) is 12.8. The number of likely N-dealkylation sites (tertiary alicyclic amines) is 1. The summed E-state index contributed by atoms with van der Waals surface area (Å²) in [5, 5.41) is 0. The maximum absolute atomic E-state index is 6.68. The largest absolute Gasteiger partial charge is 0.372 e. The smallest absolute Gasteiger partial charge is 0.0856 e. The Labute approximate surface area is 178 Å². The normalized spacial score (nSPS) is 29.4. The zero-order valence-corrected chi connectivity index (χ0v) is 18.4. The molecule has 2 aliphatic carbocycles. The highest BCUT2D eigenvalue weighted by Crippen LogP contribution is 2.49. The Morgan fingerprint density at radius 3 is 2.24 bits per heavy atom. The van der Waals surface area contributed by atoms with E-state index in [0.717, 1.165) is 18.4 Å². The summed E-state index contributed by atoms with van der Waals surface area (Å²) < 4.78 is 6.68. The summed E-state index contributed by atoms with van der Waals surface area (Å²) >= 11 is 0. The highest BCUT2D eigenvalue weighted by Gasteiger charge is 2.44. The molecular weight excluding hydrogens is 354 g/mol. The average Bonchev–Trinajstić information content (AvgIpc) is 3.27. The van der Waals surface area contributed by atoms with Gasteiger partial charge in [0.05, 0.1) is 12.7 Å². The van der Waals surface area contributed by atoms with Crippen molar-refractivity contribution >= 4 is 0 Å². The first-order valence-electron chi connectivity index (χ1n) is 12.8. The molecule has 4 aliphatic rings. The lowest BCUT2D eigenvalue weighted by Gasteiger charge is -2.48. The Kier molecular flexibility index (Phi) is 6.30. The van der Waals surface area contributed by atoms with Gasteiger partial charge < -0.3 is 9.64 Å². The topological polar surface area (TPSA) is 12.5 Å². The van der Waals surface area contributed by atoms with Crippen LogP contribution in [0, 0.1) is 11.8 Å². The van der Waals surface area contributed by atoms with Gasteiger partial charge in [-0.05, 0) is 74.6 Å². The molecule has 0 amide bonds. The van der Waals surface area contributed by atoms with Crippen LogP contribution in [-0.2, 0) is 10.2 Å². The fraction of sp³-hybridized carbons (Fsp3) is 0.778. The van der Waals surface area contributed by atoms with Gasteiger partial charge in [-0.25, -0.2) is 0 Å². The average molecular weight is 396 g/mol. The lowest BCUT2D eigenvalue weighted by Crippen LogP contribution is -2.49. The van der Waals surface area contributed by atoms with E-state index in [1.807, 2.05) is 0 Å². The summed E-state index contributed by atoms with van der Waals surface area (Å²) in [4.78, 5) is 2.79. The van der Waals surface area contributed by atoms with E-state index >= 15 is 0 Å². The second-order valence-corrected chi connectivity index (χ2v) is 10.7. The summed E-state index contributed by atoms with van der Waals surface area (Å²) in [6.45, 7) is 4.84. The van der Waals surface area contributed by atoms with Crippen molar-refractivity contribution in [2.75, 3.05) is 26.2 Å². The van der Waals surface area contributed by atoms with E-state index in [2.05, 4.69) is 29.2 Å². The molecule has 1 atom stereocenters. The molecule has 1 aromatic rings. The molecule has 0 radical (unpaired) electrons. The third-order valence-electron chi connectivity index (χ3n) is 8.76. The Morgan fingerprint density at radius 2 is 1.48 bits per heavy atom. The van der Waals surface area contributed by atoms with Gasteiger partial charge in [-0.2, -0.15) is 0 Å². The molecule has 2 aliphatic heterocycles. The molecule has 2 saturated carbocycles. The molecule has 0 N–H and O–H groups in total. The Balaban J connectivity index is 1.25. The van der Waals surface area contributed by atoms with Crippen molar-refractivity contribution in [2.45, 2.75) is 95.0 Å². The van der Waals surface area contributed by atoms with Crippen LogP contribution in [0.3, 0.4) is 0 Å². The van der Waals surface area contributed by atoms with Gasteiger partial charge in [-0.1, -0.05) is 69.2 Å². The van der Waals surface area contributed by atoms with Crippen LogP contribution in [0.25, 0.3) is 0 Å². The zero-order valence-electron chi connectivity index (χ0n) is 18.4. The SMILES string of the molecule is c1ccc2c(c1)C(C1CCCC1)OCC21CCN(CC2CCCCCCC2)CC1. The molecule has 0 bridgehead atoms. The van der Waals surface area contributed by atoms with Crippen molar-refractivity contribution in [1.82, 2.24) is 4.90 Å². The maximum atomic E-state index is 6.68. The number of nitrogens with zero attached hydrogens (tertiary/aromatic N) is 1. The molecule has 1 unspecified atom stereocenters. The van der Waals surface area contributed by atoms with Crippen molar-refractivity contribution in [3.05, 3.63) is 35.4 Å². The Bertz CT molecular complexity index is 648. The maximum Gasteiger partial charge on any atom is 0.0856 e. The quantitative estimate of drug-likeness (QED) is 0.568. The molecular formula is C27H41NO. The van der Waals surface area contributed by atoms with Crippen molar-refractivity contribution < 1.29 is 4.74 Å². The summed E-state index contributed by atoms with van der Waals surface area (Å²) in [7, 11) is 0. The fourth-order valence-electron chi connectivity index (χ4n) is 6.96. The van der Waals surface area contributed by atoms with Gasteiger partial charge in [0.1, 0.15) is 0 Å². The summed E-state index contributed by atoms with van der Waals surface area (Å²) in [5.74, 6) is 1.71. The first-order chi connectivity index (χ1) is 14.3. The van der Waals surface area contributed by atoms with Crippen LogP contribution in [0.4, 0.5) is 0 Å². The van der Waals surface area contributed by atoms with E-state index in [9.17, 15) is 0 Å². The van der Waals surface area contributed by atoms with Crippen molar-refractivity contribution in [3.63, 3.8) is 0 Å². The fourth-order valence-corrected chi connectivity index (χ4v) is 6.96. The predicted molar refractivity (Wildman–Crippen MR) is 120 cm³/mol. The number of rotatable bonds is 3. The van der Waals surface area contributed by atoms with Gasteiger partial charge in [0.15, 0.2) is 0 Å². The number of hydrogen-bond acceptors (Lipinski definition) is 2. The predicted octanol–water partition coefficient (Wildman–Crippen LogP) is 6.64. The van der Waals surface area contributed by atoms with Crippen molar-refractivity contribution in [3.8, 4) is 0 Å². The molecule has 29 heavy (non-hydrogen) atoms. The van der Waals surface area contributed by atoms with Crippen LogP contribution in [0.5, 0.6) is 0 Å². The molecule has 160 valence electrons. The molecule has 2 nitrogen and oxygen atoms in total. The summed E-state index contributed by atoms with van der Waals surface area (Å²) in [6.07, 6.45) is 18.7. The number of hydrogen-bond donors (Lipinski definition) is 0. The molecule has 5 rings (SSSR count). The van der Waals surface area contributed by atoms with Gasteiger partial charge in [0, 0.05) is 12.0 Å². The van der Waals surface area contributed by atoms with Gasteiger partial charge in [-0.15, -0.1) is 0 Å². The second kappa shape index (κ2) is 9.10. The molecule has 3 fully saturated rings. The van der Waals surface area contributed by atoms with Crippen molar-refractivity contribution in [2.24, 2.45) is 11.8 Å². The molecule has 2 heteroatoms. The van der Waals surface area contributed by atoms with Gasteiger partial charge in [0.2, 0.25) is 0 Å². The summed E-state index contributed by atoms with van der Waals surface area (Å²) in [5.41, 5.74) is 3.47. The van der Waals surface area contributed by atoms with Crippen LogP contribution >= 0.6 is 0 Å². The molecule has 1 saturated heterocycles. The van der Waals surface area contributed by atoms with E-state index in [4.69, 9.17) is 4.74 Å². The first kappa shape index (κ1) is 20.1. The van der Waals surface area contributed by atoms with Gasteiger partial charge in [-0.3, -0.25) is 0 Å².